The predicted octanol–water partition coefficient (Wildman–Crippen LogP) is 0.736. The molecule has 3 atom stereocenters. The molecular formula is C9H19ClO4. The Balaban J connectivity index is 3.21. The Hall–Kier alpha value is 0.130. The van der Waals surface area contributed by atoms with Gasteiger partial charge in [0.05, 0.1) is 32.0 Å². The number of hydrogen-bond donors (Lipinski definition) is 2. The molecule has 0 aromatic carbocycles. The molecule has 14 heavy (non-hydrogen) atoms. The summed E-state index contributed by atoms with van der Waals surface area (Å²) >= 11 is 5.61. The third-order valence-electron chi connectivity index (χ3n) is 1.67. The summed E-state index contributed by atoms with van der Waals surface area (Å²) in [5.41, 5.74) is -0.699. The minimum absolute atomic E-state index is 0.307. The molecule has 0 aliphatic carbocycles. The summed E-state index contributed by atoms with van der Waals surface area (Å²) in [7, 11) is 0. The van der Waals surface area contributed by atoms with Crippen molar-refractivity contribution in [1.29, 1.82) is 0 Å². The van der Waals surface area contributed by atoms with Crippen molar-refractivity contribution in [1.82, 2.24) is 0 Å². The number of alkyl halides is 1. The van der Waals surface area contributed by atoms with Gasteiger partial charge in [-0.05, 0) is 13.3 Å². The fraction of sp³-hybridized carbons (Fsp3) is 1.00. The largest absolute Gasteiger partial charge is 0.391 e. The molecule has 0 heterocycles. The monoisotopic (exact) mass is 226 g/mol. The van der Waals surface area contributed by atoms with Crippen LogP contribution in [-0.2, 0) is 9.47 Å². The minimum atomic E-state index is -0.699. The number of halogens is 1. The molecule has 0 rings (SSSR count). The van der Waals surface area contributed by atoms with Gasteiger partial charge < -0.3 is 19.7 Å². The van der Waals surface area contributed by atoms with Gasteiger partial charge in [0.1, 0.15) is 0 Å². The first kappa shape index (κ1) is 14.1. The molecule has 0 aliphatic heterocycles. The third kappa shape index (κ3) is 7.53. The zero-order valence-corrected chi connectivity index (χ0v) is 9.41. The van der Waals surface area contributed by atoms with Crippen LogP contribution in [0, 0.1) is 0 Å². The first-order valence-corrected chi connectivity index (χ1v) is 5.21. The molecule has 4 nitrogen and oxygen atoms in total. The SMILES string of the molecule is CCC(O)COCCOC(Cl)C(C)O. The Kier molecular flexibility index (Phi) is 8.52. The molecule has 0 fully saturated rings. The van der Waals surface area contributed by atoms with E-state index in [0.717, 1.165) is 0 Å². The summed E-state index contributed by atoms with van der Waals surface area (Å²) in [6.45, 7) is 4.43. The Bertz CT molecular complexity index is 132. The van der Waals surface area contributed by atoms with Crippen LogP contribution in [0.2, 0.25) is 0 Å². The number of aliphatic hydroxyl groups excluding tert-OH is 2. The fourth-order valence-corrected chi connectivity index (χ4v) is 0.785. The van der Waals surface area contributed by atoms with E-state index in [2.05, 4.69) is 0 Å². The zero-order valence-electron chi connectivity index (χ0n) is 8.65. The number of aliphatic hydroxyl groups is 2. The Morgan fingerprint density at radius 3 is 2.43 bits per heavy atom. The van der Waals surface area contributed by atoms with Gasteiger partial charge in [0.15, 0.2) is 5.56 Å². The van der Waals surface area contributed by atoms with Crippen LogP contribution in [0.25, 0.3) is 0 Å². The van der Waals surface area contributed by atoms with E-state index in [1.807, 2.05) is 6.92 Å². The van der Waals surface area contributed by atoms with Crippen LogP contribution in [0.4, 0.5) is 0 Å². The normalized spacial score (nSPS) is 17.8. The molecule has 0 spiro atoms. The lowest BCUT2D eigenvalue weighted by Gasteiger charge is -2.14. The maximum atomic E-state index is 9.12. The van der Waals surface area contributed by atoms with Gasteiger partial charge in [-0.3, -0.25) is 0 Å². The maximum Gasteiger partial charge on any atom is 0.156 e. The van der Waals surface area contributed by atoms with Crippen molar-refractivity contribution in [2.75, 3.05) is 19.8 Å². The average molecular weight is 227 g/mol. The van der Waals surface area contributed by atoms with E-state index in [9.17, 15) is 0 Å². The Morgan fingerprint density at radius 2 is 1.93 bits per heavy atom. The van der Waals surface area contributed by atoms with Crippen LogP contribution in [0.1, 0.15) is 20.3 Å². The first-order valence-electron chi connectivity index (χ1n) is 4.77. The number of hydrogen-bond acceptors (Lipinski definition) is 4. The van der Waals surface area contributed by atoms with Crippen LogP contribution in [0.3, 0.4) is 0 Å². The van der Waals surface area contributed by atoms with Crippen molar-refractivity contribution >= 4 is 11.6 Å². The van der Waals surface area contributed by atoms with E-state index in [4.69, 9.17) is 31.3 Å². The summed E-state index contributed by atoms with van der Waals surface area (Å²) in [6, 6.07) is 0. The van der Waals surface area contributed by atoms with E-state index >= 15 is 0 Å². The van der Waals surface area contributed by atoms with Crippen molar-refractivity contribution in [3.63, 3.8) is 0 Å². The fourth-order valence-electron chi connectivity index (χ4n) is 0.696. The molecule has 0 saturated heterocycles. The Labute approximate surface area is 89.8 Å². The van der Waals surface area contributed by atoms with Crippen molar-refractivity contribution < 1.29 is 19.7 Å². The van der Waals surface area contributed by atoms with Gasteiger partial charge in [0.2, 0.25) is 0 Å². The summed E-state index contributed by atoms with van der Waals surface area (Å²) in [6.07, 6.45) is -0.441. The van der Waals surface area contributed by atoms with Gasteiger partial charge in [-0.1, -0.05) is 18.5 Å². The summed E-state index contributed by atoms with van der Waals surface area (Å²) in [5, 5.41) is 18.1. The molecule has 0 radical (unpaired) electrons. The first-order chi connectivity index (χ1) is 6.57. The van der Waals surface area contributed by atoms with Crippen molar-refractivity contribution in [3.05, 3.63) is 0 Å². The second-order valence-electron chi connectivity index (χ2n) is 3.10. The molecule has 5 heteroatoms. The lowest BCUT2D eigenvalue weighted by molar-refractivity contribution is -0.0277. The lowest BCUT2D eigenvalue weighted by atomic mass is 10.3. The van der Waals surface area contributed by atoms with E-state index in [1.54, 1.807) is 6.92 Å². The second kappa shape index (κ2) is 8.44. The van der Waals surface area contributed by atoms with E-state index in [-0.39, 0.29) is 0 Å². The maximum absolute atomic E-state index is 9.12. The van der Waals surface area contributed by atoms with Gasteiger partial charge in [-0.2, -0.15) is 0 Å². The van der Waals surface area contributed by atoms with E-state index in [0.29, 0.717) is 26.2 Å². The van der Waals surface area contributed by atoms with Crippen LogP contribution in [-0.4, -0.2) is 47.8 Å². The molecule has 0 amide bonds. The molecule has 3 unspecified atom stereocenters. The minimum Gasteiger partial charge on any atom is -0.391 e. The molecule has 0 aliphatic rings. The highest BCUT2D eigenvalue weighted by atomic mass is 35.5. The molecule has 0 saturated carbocycles. The molecule has 2 N–H and O–H groups in total. The molecular weight excluding hydrogens is 208 g/mol. The highest BCUT2D eigenvalue weighted by Crippen LogP contribution is 2.03. The Morgan fingerprint density at radius 1 is 1.29 bits per heavy atom. The topological polar surface area (TPSA) is 58.9 Å². The third-order valence-corrected chi connectivity index (χ3v) is 2.16. The van der Waals surface area contributed by atoms with Gasteiger partial charge >= 0.3 is 0 Å². The summed E-state index contributed by atoms with van der Waals surface area (Å²) in [5.74, 6) is 0. The molecule has 0 aromatic rings. The quantitative estimate of drug-likeness (QED) is 0.474. The summed E-state index contributed by atoms with van der Waals surface area (Å²) in [4.78, 5) is 0. The summed E-state index contributed by atoms with van der Waals surface area (Å²) < 4.78 is 10.1. The van der Waals surface area contributed by atoms with Crippen LogP contribution in [0.15, 0.2) is 0 Å². The highest BCUT2D eigenvalue weighted by molar-refractivity contribution is 6.20. The van der Waals surface area contributed by atoms with E-state index < -0.39 is 17.8 Å². The van der Waals surface area contributed by atoms with Crippen molar-refractivity contribution in [3.8, 4) is 0 Å². The van der Waals surface area contributed by atoms with E-state index in [1.165, 1.54) is 0 Å². The zero-order chi connectivity index (χ0) is 11.0. The lowest BCUT2D eigenvalue weighted by Crippen LogP contribution is -2.23. The van der Waals surface area contributed by atoms with Crippen LogP contribution < -0.4 is 0 Å². The highest BCUT2D eigenvalue weighted by Gasteiger charge is 2.10. The number of ether oxygens (including phenoxy) is 2. The van der Waals surface area contributed by atoms with Crippen molar-refractivity contribution in [2.24, 2.45) is 0 Å². The predicted molar refractivity (Wildman–Crippen MR) is 54.4 cm³/mol. The average Bonchev–Trinajstić information content (AvgIpc) is 2.16. The smallest absolute Gasteiger partial charge is 0.156 e. The molecule has 0 aromatic heterocycles. The van der Waals surface area contributed by atoms with Gasteiger partial charge in [-0.25, -0.2) is 0 Å². The van der Waals surface area contributed by atoms with Crippen LogP contribution in [0.5, 0.6) is 0 Å². The van der Waals surface area contributed by atoms with Crippen LogP contribution >= 0.6 is 11.6 Å². The second-order valence-corrected chi connectivity index (χ2v) is 3.53. The number of rotatable bonds is 8. The molecule has 86 valence electrons. The standard InChI is InChI=1S/C9H19ClO4/c1-3-8(12)6-13-4-5-14-9(10)7(2)11/h7-9,11-12H,3-6H2,1-2H3. The van der Waals surface area contributed by atoms with Gasteiger partial charge in [-0.15, -0.1) is 0 Å². The molecule has 0 bridgehead atoms. The van der Waals surface area contributed by atoms with Gasteiger partial charge in [0, 0.05) is 0 Å². The van der Waals surface area contributed by atoms with Gasteiger partial charge in [0.25, 0.3) is 0 Å². The van der Waals surface area contributed by atoms with Crippen molar-refractivity contribution in [2.45, 2.75) is 38.0 Å².